The average Bonchev–Trinajstić information content (AvgIpc) is 2.99. The first-order valence-electron chi connectivity index (χ1n) is 7.04. The zero-order valence-electron chi connectivity index (χ0n) is 11.5. The van der Waals surface area contributed by atoms with Gasteiger partial charge >= 0.3 is 0 Å². The van der Waals surface area contributed by atoms with Gasteiger partial charge in [-0.05, 0) is 32.8 Å². The van der Waals surface area contributed by atoms with E-state index in [4.69, 9.17) is 0 Å². The van der Waals surface area contributed by atoms with Crippen molar-refractivity contribution in [1.82, 2.24) is 14.7 Å². The lowest BCUT2D eigenvalue weighted by Gasteiger charge is -2.27. The van der Waals surface area contributed by atoms with Crippen molar-refractivity contribution >= 4 is 15.9 Å². The summed E-state index contributed by atoms with van der Waals surface area (Å²) >= 11 is 3.57. The summed E-state index contributed by atoms with van der Waals surface area (Å²) in [6, 6.07) is 3.39. The summed E-state index contributed by atoms with van der Waals surface area (Å²) < 4.78 is 2.05. The van der Waals surface area contributed by atoms with E-state index in [1.54, 1.807) is 0 Å². The summed E-state index contributed by atoms with van der Waals surface area (Å²) in [6.45, 7) is 6.46. The van der Waals surface area contributed by atoms with E-state index in [0.717, 1.165) is 24.5 Å². The van der Waals surface area contributed by atoms with Crippen molar-refractivity contribution in [1.29, 1.82) is 0 Å². The molecule has 0 spiro atoms. The Hall–Kier alpha value is -0.350. The third-order valence-corrected chi connectivity index (χ3v) is 4.13. The molecule has 0 amide bonds. The van der Waals surface area contributed by atoms with Gasteiger partial charge in [0.15, 0.2) is 0 Å². The SMILES string of the molecule is CC(C)n1ccc(CN(CCBr)C2CCCC2)n1. The maximum atomic E-state index is 4.66. The van der Waals surface area contributed by atoms with Crippen molar-refractivity contribution in [2.45, 2.75) is 58.2 Å². The van der Waals surface area contributed by atoms with Crippen molar-refractivity contribution in [3.05, 3.63) is 18.0 Å². The van der Waals surface area contributed by atoms with Crippen molar-refractivity contribution in [3.8, 4) is 0 Å². The molecule has 1 fully saturated rings. The predicted molar refractivity (Wildman–Crippen MR) is 79.1 cm³/mol. The van der Waals surface area contributed by atoms with Crippen LogP contribution in [0.5, 0.6) is 0 Å². The molecular weight excluding hydrogens is 290 g/mol. The first-order chi connectivity index (χ1) is 8.70. The second-order valence-electron chi connectivity index (χ2n) is 5.48. The minimum absolute atomic E-state index is 0.454. The Bertz CT molecular complexity index is 356. The zero-order valence-corrected chi connectivity index (χ0v) is 13.1. The van der Waals surface area contributed by atoms with E-state index in [1.807, 2.05) is 0 Å². The fourth-order valence-electron chi connectivity index (χ4n) is 2.73. The molecule has 18 heavy (non-hydrogen) atoms. The van der Waals surface area contributed by atoms with Gasteiger partial charge in [-0.25, -0.2) is 0 Å². The quantitative estimate of drug-likeness (QED) is 0.748. The summed E-state index contributed by atoms with van der Waals surface area (Å²) in [6.07, 6.45) is 7.60. The zero-order chi connectivity index (χ0) is 13.0. The van der Waals surface area contributed by atoms with Gasteiger partial charge in [0, 0.05) is 36.7 Å². The molecular formula is C14H24BrN3. The van der Waals surface area contributed by atoms with Crippen LogP contribution in [0.15, 0.2) is 12.3 Å². The van der Waals surface area contributed by atoms with Gasteiger partial charge in [0.25, 0.3) is 0 Å². The van der Waals surface area contributed by atoms with Crippen molar-refractivity contribution < 1.29 is 0 Å². The van der Waals surface area contributed by atoms with Crippen molar-refractivity contribution in [2.75, 3.05) is 11.9 Å². The van der Waals surface area contributed by atoms with Gasteiger partial charge in [0.05, 0.1) is 5.69 Å². The van der Waals surface area contributed by atoms with Crippen molar-refractivity contribution in [2.24, 2.45) is 0 Å². The molecule has 1 aromatic rings. The highest BCUT2D eigenvalue weighted by Crippen LogP contribution is 2.24. The van der Waals surface area contributed by atoms with Crippen LogP contribution in [0.3, 0.4) is 0 Å². The monoisotopic (exact) mass is 313 g/mol. The molecule has 1 heterocycles. The molecule has 1 aromatic heterocycles. The molecule has 3 nitrogen and oxygen atoms in total. The van der Waals surface area contributed by atoms with Crippen LogP contribution >= 0.6 is 15.9 Å². The summed E-state index contributed by atoms with van der Waals surface area (Å²) in [5.74, 6) is 0. The minimum atomic E-state index is 0.454. The first-order valence-corrected chi connectivity index (χ1v) is 8.17. The normalized spacial score (nSPS) is 17.2. The van der Waals surface area contributed by atoms with Crippen LogP contribution in [0.2, 0.25) is 0 Å². The molecule has 1 aliphatic carbocycles. The van der Waals surface area contributed by atoms with E-state index < -0.39 is 0 Å². The highest BCUT2D eigenvalue weighted by molar-refractivity contribution is 9.09. The lowest BCUT2D eigenvalue weighted by atomic mass is 10.2. The lowest BCUT2D eigenvalue weighted by molar-refractivity contribution is 0.199. The fourth-order valence-corrected chi connectivity index (χ4v) is 3.18. The van der Waals surface area contributed by atoms with Gasteiger partial charge in [-0.1, -0.05) is 28.8 Å². The van der Waals surface area contributed by atoms with Gasteiger partial charge < -0.3 is 0 Å². The number of nitrogens with zero attached hydrogens (tertiary/aromatic N) is 3. The molecule has 1 saturated carbocycles. The lowest BCUT2D eigenvalue weighted by Crippen LogP contribution is -2.34. The first kappa shape index (κ1) is 14.1. The van der Waals surface area contributed by atoms with Gasteiger partial charge in [-0.3, -0.25) is 9.58 Å². The summed E-state index contributed by atoms with van der Waals surface area (Å²) in [7, 11) is 0. The Morgan fingerprint density at radius 1 is 1.44 bits per heavy atom. The molecule has 102 valence electrons. The molecule has 0 atom stereocenters. The number of alkyl halides is 1. The summed E-state index contributed by atoms with van der Waals surface area (Å²) in [5, 5.41) is 5.71. The van der Waals surface area contributed by atoms with Crippen LogP contribution in [0.25, 0.3) is 0 Å². The smallest absolute Gasteiger partial charge is 0.0765 e. The van der Waals surface area contributed by atoms with E-state index >= 15 is 0 Å². The fraction of sp³-hybridized carbons (Fsp3) is 0.786. The van der Waals surface area contributed by atoms with E-state index in [-0.39, 0.29) is 0 Å². The molecule has 0 unspecified atom stereocenters. The number of aromatic nitrogens is 2. The van der Waals surface area contributed by atoms with Crippen LogP contribution in [0, 0.1) is 0 Å². The second kappa shape index (κ2) is 6.71. The van der Waals surface area contributed by atoms with Crippen LogP contribution in [0.4, 0.5) is 0 Å². The molecule has 0 bridgehead atoms. The Kier molecular flexibility index (Phi) is 5.25. The Balaban J connectivity index is 1.98. The van der Waals surface area contributed by atoms with Crippen LogP contribution in [0.1, 0.15) is 51.3 Å². The molecule has 2 rings (SSSR count). The third kappa shape index (κ3) is 3.58. The Morgan fingerprint density at radius 3 is 2.72 bits per heavy atom. The molecule has 1 aliphatic rings. The van der Waals surface area contributed by atoms with Crippen molar-refractivity contribution in [3.63, 3.8) is 0 Å². The molecule has 0 saturated heterocycles. The summed E-state index contributed by atoms with van der Waals surface area (Å²) in [4.78, 5) is 2.59. The van der Waals surface area contributed by atoms with E-state index in [0.29, 0.717) is 6.04 Å². The van der Waals surface area contributed by atoms with Gasteiger partial charge in [-0.2, -0.15) is 5.10 Å². The Morgan fingerprint density at radius 2 is 2.17 bits per heavy atom. The second-order valence-corrected chi connectivity index (χ2v) is 6.27. The highest BCUT2D eigenvalue weighted by Gasteiger charge is 2.22. The Labute approximate surface area is 119 Å². The molecule has 0 radical (unpaired) electrons. The maximum absolute atomic E-state index is 4.66. The van der Waals surface area contributed by atoms with Crippen LogP contribution in [-0.2, 0) is 6.54 Å². The predicted octanol–water partition coefficient (Wildman–Crippen LogP) is 3.60. The number of hydrogen-bond acceptors (Lipinski definition) is 2. The van der Waals surface area contributed by atoms with Gasteiger partial charge in [0.1, 0.15) is 0 Å². The third-order valence-electron chi connectivity index (χ3n) is 3.77. The van der Waals surface area contributed by atoms with E-state index in [2.05, 4.69) is 56.7 Å². The summed E-state index contributed by atoms with van der Waals surface area (Å²) in [5.41, 5.74) is 1.21. The van der Waals surface area contributed by atoms with E-state index in [9.17, 15) is 0 Å². The average molecular weight is 314 g/mol. The topological polar surface area (TPSA) is 21.1 Å². The van der Waals surface area contributed by atoms with E-state index in [1.165, 1.54) is 31.4 Å². The minimum Gasteiger partial charge on any atom is -0.294 e. The maximum Gasteiger partial charge on any atom is 0.0765 e. The number of hydrogen-bond donors (Lipinski definition) is 0. The largest absolute Gasteiger partial charge is 0.294 e. The van der Waals surface area contributed by atoms with Gasteiger partial charge in [0.2, 0.25) is 0 Å². The van der Waals surface area contributed by atoms with Crippen LogP contribution in [-0.4, -0.2) is 32.6 Å². The van der Waals surface area contributed by atoms with Gasteiger partial charge in [-0.15, -0.1) is 0 Å². The number of rotatable bonds is 6. The highest BCUT2D eigenvalue weighted by atomic mass is 79.9. The number of halogens is 1. The molecule has 4 heteroatoms. The molecule has 0 aromatic carbocycles. The molecule has 0 N–H and O–H groups in total. The standard InChI is InChI=1S/C14H24BrN3/c1-12(2)18-9-7-13(16-18)11-17(10-8-15)14-5-3-4-6-14/h7,9,12,14H,3-6,8,10-11H2,1-2H3. The van der Waals surface area contributed by atoms with Crippen LogP contribution < -0.4 is 0 Å². The molecule has 0 aliphatic heterocycles.